The molecule has 1 aromatic heterocycles. The first-order valence-electron chi connectivity index (χ1n) is 12.3. The highest BCUT2D eigenvalue weighted by molar-refractivity contribution is 5.92. The van der Waals surface area contributed by atoms with Crippen LogP contribution in [-0.2, 0) is 12.8 Å². The van der Waals surface area contributed by atoms with Crippen LogP contribution in [0.3, 0.4) is 0 Å². The molecule has 0 fully saturated rings. The lowest BCUT2D eigenvalue weighted by Gasteiger charge is -2.07. The van der Waals surface area contributed by atoms with Gasteiger partial charge < -0.3 is 14.6 Å². The van der Waals surface area contributed by atoms with E-state index in [1.165, 1.54) is 38.5 Å². The second-order valence-corrected chi connectivity index (χ2v) is 9.73. The highest BCUT2D eigenvalue weighted by Gasteiger charge is 2.27. The van der Waals surface area contributed by atoms with Gasteiger partial charge in [0.15, 0.2) is 0 Å². The Morgan fingerprint density at radius 2 is 0.935 bits per heavy atom. The standard InChI is InChI=1S/C26H44O5/c1-19(2)15-11-7-5-9-13-17-21-22(18-14-10-6-8-12-16-20(3)4)24(26(29)30)31-23(21)25(27)28/h19-20H,5-18H2,1-4H3,(H,27,28)(H,29,30). The Morgan fingerprint density at radius 1 is 0.613 bits per heavy atom. The summed E-state index contributed by atoms with van der Waals surface area (Å²) in [6.07, 6.45) is 14.5. The molecule has 0 aromatic carbocycles. The van der Waals surface area contributed by atoms with Crippen LogP contribution < -0.4 is 0 Å². The van der Waals surface area contributed by atoms with Crippen LogP contribution in [0.15, 0.2) is 4.42 Å². The van der Waals surface area contributed by atoms with Crippen molar-refractivity contribution in [3.8, 4) is 0 Å². The third-order valence-electron chi connectivity index (χ3n) is 5.92. The summed E-state index contributed by atoms with van der Waals surface area (Å²) in [7, 11) is 0. The molecular formula is C26H44O5. The van der Waals surface area contributed by atoms with E-state index in [0.29, 0.717) is 24.0 Å². The molecule has 0 aliphatic carbocycles. The first-order chi connectivity index (χ1) is 14.7. The Hall–Kier alpha value is -1.78. The number of rotatable bonds is 18. The number of aromatic carboxylic acids is 2. The van der Waals surface area contributed by atoms with Gasteiger partial charge in [-0.25, -0.2) is 9.59 Å². The molecule has 0 atom stereocenters. The number of hydrogen-bond donors (Lipinski definition) is 2. The number of carbonyl (C=O) groups is 2. The summed E-state index contributed by atoms with van der Waals surface area (Å²) < 4.78 is 5.31. The lowest BCUT2D eigenvalue weighted by Crippen LogP contribution is -2.03. The Balaban J connectivity index is 2.63. The minimum atomic E-state index is -1.17. The van der Waals surface area contributed by atoms with Gasteiger partial charge in [0.1, 0.15) is 0 Å². The summed E-state index contributed by atoms with van der Waals surface area (Å²) in [6, 6.07) is 0. The minimum Gasteiger partial charge on any atom is -0.475 e. The molecular weight excluding hydrogens is 392 g/mol. The van der Waals surface area contributed by atoms with Gasteiger partial charge in [-0.2, -0.15) is 0 Å². The molecule has 31 heavy (non-hydrogen) atoms. The molecule has 0 bridgehead atoms. The molecule has 0 radical (unpaired) electrons. The quantitative estimate of drug-likeness (QED) is 0.230. The SMILES string of the molecule is CC(C)CCCCCCCc1c(C(=O)O)oc(C(=O)O)c1CCCCCCCC(C)C. The maximum atomic E-state index is 11.7. The van der Waals surface area contributed by atoms with Crippen molar-refractivity contribution in [3.63, 3.8) is 0 Å². The number of furan rings is 1. The predicted molar refractivity (Wildman–Crippen MR) is 125 cm³/mol. The second kappa shape index (κ2) is 15.1. The molecule has 1 rings (SSSR count). The molecule has 1 heterocycles. The van der Waals surface area contributed by atoms with Gasteiger partial charge in [0.2, 0.25) is 11.5 Å². The number of carboxylic acids is 2. The van der Waals surface area contributed by atoms with Crippen LogP contribution in [-0.4, -0.2) is 22.2 Å². The second-order valence-electron chi connectivity index (χ2n) is 9.73. The fraction of sp³-hybridized carbons (Fsp3) is 0.769. The summed E-state index contributed by atoms with van der Waals surface area (Å²) in [5, 5.41) is 19.1. The summed E-state index contributed by atoms with van der Waals surface area (Å²) in [5.41, 5.74) is 1.21. The number of hydrogen-bond acceptors (Lipinski definition) is 3. The molecule has 0 spiro atoms. The molecule has 0 unspecified atom stereocenters. The van der Waals surface area contributed by atoms with Gasteiger partial charge >= 0.3 is 11.9 Å². The average molecular weight is 437 g/mol. The van der Waals surface area contributed by atoms with Crippen LogP contribution in [0.25, 0.3) is 0 Å². The average Bonchev–Trinajstić information content (AvgIpc) is 3.05. The third kappa shape index (κ3) is 10.9. The van der Waals surface area contributed by atoms with Crippen molar-refractivity contribution in [2.45, 2.75) is 118 Å². The van der Waals surface area contributed by atoms with Crippen LogP contribution in [0, 0.1) is 11.8 Å². The largest absolute Gasteiger partial charge is 0.475 e. The fourth-order valence-electron chi connectivity index (χ4n) is 4.14. The van der Waals surface area contributed by atoms with Crippen molar-refractivity contribution in [1.82, 2.24) is 0 Å². The van der Waals surface area contributed by atoms with E-state index in [2.05, 4.69) is 27.7 Å². The first kappa shape index (κ1) is 27.3. The van der Waals surface area contributed by atoms with Gasteiger partial charge in [-0.05, 0) is 37.5 Å². The van der Waals surface area contributed by atoms with Crippen LogP contribution in [0.2, 0.25) is 0 Å². The smallest absolute Gasteiger partial charge is 0.372 e. The Kier molecular flexibility index (Phi) is 13.3. The third-order valence-corrected chi connectivity index (χ3v) is 5.92. The van der Waals surface area contributed by atoms with Gasteiger partial charge in [-0.3, -0.25) is 0 Å². The van der Waals surface area contributed by atoms with Crippen LogP contribution >= 0.6 is 0 Å². The van der Waals surface area contributed by atoms with Crippen molar-refractivity contribution in [2.24, 2.45) is 11.8 Å². The zero-order chi connectivity index (χ0) is 23.2. The van der Waals surface area contributed by atoms with E-state index in [1.54, 1.807) is 0 Å². The highest BCUT2D eigenvalue weighted by Crippen LogP contribution is 2.28. The van der Waals surface area contributed by atoms with Crippen LogP contribution in [0.1, 0.15) is 137 Å². The lowest BCUT2D eigenvalue weighted by atomic mass is 9.96. The first-order valence-corrected chi connectivity index (χ1v) is 12.3. The number of carboxylic acid groups (broad SMARTS) is 2. The van der Waals surface area contributed by atoms with Gasteiger partial charge in [0, 0.05) is 11.1 Å². The number of unbranched alkanes of at least 4 members (excludes halogenated alkanes) is 8. The molecule has 0 aliphatic rings. The predicted octanol–water partition coefficient (Wildman–Crippen LogP) is 7.75. The van der Waals surface area contributed by atoms with E-state index >= 15 is 0 Å². The molecule has 2 N–H and O–H groups in total. The molecule has 0 amide bonds. The molecule has 0 saturated heterocycles. The van der Waals surface area contributed by atoms with E-state index in [0.717, 1.165) is 50.4 Å². The lowest BCUT2D eigenvalue weighted by molar-refractivity contribution is 0.0630. The summed E-state index contributed by atoms with van der Waals surface area (Å²) in [4.78, 5) is 23.3. The summed E-state index contributed by atoms with van der Waals surface area (Å²) in [6.45, 7) is 8.94. The molecule has 5 nitrogen and oxygen atoms in total. The van der Waals surface area contributed by atoms with Crippen LogP contribution in [0.5, 0.6) is 0 Å². The Labute approximate surface area is 188 Å². The maximum Gasteiger partial charge on any atom is 0.372 e. The summed E-state index contributed by atoms with van der Waals surface area (Å²) >= 11 is 0. The highest BCUT2D eigenvalue weighted by atomic mass is 16.4. The maximum absolute atomic E-state index is 11.7. The van der Waals surface area contributed by atoms with Crippen molar-refractivity contribution in [1.29, 1.82) is 0 Å². The van der Waals surface area contributed by atoms with Gasteiger partial charge in [0.05, 0.1) is 0 Å². The zero-order valence-corrected chi connectivity index (χ0v) is 20.2. The normalized spacial score (nSPS) is 11.5. The zero-order valence-electron chi connectivity index (χ0n) is 20.2. The monoisotopic (exact) mass is 436 g/mol. The molecule has 178 valence electrons. The van der Waals surface area contributed by atoms with E-state index in [1.807, 2.05) is 0 Å². The summed E-state index contributed by atoms with van der Waals surface area (Å²) in [5.74, 6) is -1.23. The van der Waals surface area contributed by atoms with E-state index in [-0.39, 0.29) is 11.5 Å². The van der Waals surface area contributed by atoms with E-state index in [4.69, 9.17) is 4.42 Å². The molecule has 0 aliphatic heterocycles. The molecule has 5 heteroatoms. The minimum absolute atomic E-state index is 0.177. The van der Waals surface area contributed by atoms with Crippen molar-refractivity contribution in [2.75, 3.05) is 0 Å². The molecule has 1 aromatic rings. The van der Waals surface area contributed by atoms with Gasteiger partial charge in [0.25, 0.3) is 0 Å². The molecule has 0 saturated carbocycles. The topological polar surface area (TPSA) is 87.7 Å². The van der Waals surface area contributed by atoms with Gasteiger partial charge in [-0.1, -0.05) is 91.9 Å². The van der Waals surface area contributed by atoms with Crippen LogP contribution in [0.4, 0.5) is 0 Å². The van der Waals surface area contributed by atoms with Crippen molar-refractivity contribution < 1.29 is 24.2 Å². The van der Waals surface area contributed by atoms with Crippen molar-refractivity contribution in [3.05, 3.63) is 22.6 Å². The Bertz CT molecular complexity index is 602. The fourth-order valence-corrected chi connectivity index (χ4v) is 4.14. The van der Waals surface area contributed by atoms with Crippen molar-refractivity contribution >= 4 is 11.9 Å². The van der Waals surface area contributed by atoms with E-state index in [9.17, 15) is 19.8 Å². The van der Waals surface area contributed by atoms with Gasteiger partial charge in [-0.15, -0.1) is 0 Å². The van der Waals surface area contributed by atoms with E-state index < -0.39 is 11.9 Å². The Morgan fingerprint density at radius 3 is 1.26 bits per heavy atom.